The molecule has 0 atom stereocenters. The number of anilines is 1. The lowest BCUT2D eigenvalue weighted by Crippen LogP contribution is -2.24. The maximum atomic E-state index is 12.1. The first-order valence-corrected chi connectivity index (χ1v) is 7.48. The number of hydrogen-bond acceptors (Lipinski definition) is 6. The highest BCUT2D eigenvalue weighted by Gasteiger charge is 2.16. The van der Waals surface area contributed by atoms with E-state index in [2.05, 4.69) is 25.2 Å². The summed E-state index contributed by atoms with van der Waals surface area (Å²) >= 11 is 5.91. The van der Waals surface area contributed by atoms with Gasteiger partial charge < -0.3 is 5.32 Å². The fourth-order valence-corrected chi connectivity index (χ4v) is 2.73. The molecule has 2 aromatic rings. The van der Waals surface area contributed by atoms with Crippen LogP contribution < -0.4 is 10.0 Å². The van der Waals surface area contributed by atoms with E-state index in [1.807, 2.05) is 0 Å². The zero-order valence-electron chi connectivity index (χ0n) is 10.5. The van der Waals surface area contributed by atoms with Crippen molar-refractivity contribution in [1.82, 2.24) is 19.9 Å². The molecule has 106 valence electrons. The molecule has 20 heavy (non-hydrogen) atoms. The first-order valence-electron chi connectivity index (χ1n) is 5.62. The molecule has 0 radical (unpaired) electrons. The zero-order valence-corrected chi connectivity index (χ0v) is 12.1. The van der Waals surface area contributed by atoms with Gasteiger partial charge >= 0.3 is 0 Å². The smallest absolute Gasteiger partial charge is 0.242 e. The zero-order chi connectivity index (χ0) is 14.6. The molecule has 0 aliphatic carbocycles. The van der Waals surface area contributed by atoms with E-state index in [4.69, 9.17) is 11.6 Å². The van der Waals surface area contributed by atoms with Crippen molar-refractivity contribution >= 4 is 27.4 Å². The largest absolute Gasteiger partial charge is 0.372 e. The van der Waals surface area contributed by atoms with Crippen LogP contribution in [0.2, 0.25) is 5.02 Å². The quantitative estimate of drug-likeness (QED) is 0.856. The van der Waals surface area contributed by atoms with Gasteiger partial charge in [0.05, 0.1) is 17.3 Å². The molecule has 0 saturated carbocycles. The van der Waals surface area contributed by atoms with Crippen molar-refractivity contribution in [3.05, 3.63) is 41.3 Å². The molecule has 9 heteroatoms. The Morgan fingerprint density at radius 1 is 1.40 bits per heavy atom. The lowest BCUT2D eigenvalue weighted by Gasteiger charge is -2.08. The van der Waals surface area contributed by atoms with Crippen LogP contribution in [0.1, 0.15) is 5.69 Å². The maximum Gasteiger partial charge on any atom is 0.242 e. The van der Waals surface area contributed by atoms with Crippen LogP contribution in [0.4, 0.5) is 5.82 Å². The van der Waals surface area contributed by atoms with E-state index >= 15 is 0 Å². The number of sulfonamides is 1. The van der Waals surface area contributed by atoms with Crippen molar-refractivity contribution < 1.29 is 8.42 Å². The number of hydrogen-bond donors (Lipinski definition) is 2. The standard InChI is InChI=1S/C11H12ClN5O2S/c1-13-11-10(12)5-9(7-14-11)20(18,19)16-6-8-3-2-4-15-17-8/h2-5,7,16H,6H2,1H3,(H,13,14). The molecule has 2 heterocycles. The van der Waals surface area contributed by atoms with Crippen LogP contribution in [0.3, 0.4) is 0 Å². The predicted octanol–water partition coefficient (Wildman–Crippen LogP) is 1.05. The first kappa shape index (κ1) is 14.6. The molecule has 7 nitrogen and oxygen atoms in total. The van der Waals surface area contributed by atoms with E-state index in [9.17, 15) is 8.42 Å². The van der Waals surface area contributed by atoms with Crippen molar-refractivity contribution in [1.29, 1.82) is 0 Å². The number of halogens is 1. The number of nitrogens with zero attached hydrogens (tertiary/aromatic N) is 3. The van der Waals surface area contributed by atoms with Gasteiger partial charge in [-0.05, 0) is 18.2 Å². The van der Waals surface area contributed by atoms with E-state index in [0.29, 0.717) is 11.5 Å². The molecule has 0 unspecified atom stereocenters. The van der Waals surface area contributed by atoms with E-state index in [1.165, 1.54) is 18.5 Å². The van der Waals surface area contributed by atoms with Gasteiger partial charge in [0.25, 0.3) is 0 Å². The molecular weight excluding hydrogens is 302 g/mol. The summed E-state index contributed by atoms with van der Waals surface area (Å²) in [4.78, 5) is 3.92. The lowest BCUT2D eigenvalue weighted by atomic mass is 10.4. The summed E-state index contributed by atoms with van der Waals surface area (Å²) in [5.41, 5.74) is 0.516. The number of rotatable bonds is 5. The fourth-order valence-electron chi connectivity index (χ4n) is 1.43. The molecule has 0 saturated heterocycles. The highest BCUT2D eigenvalue weighted by Crippen LogP contribution is 2.21. The Labute approximate surface area is 121 Å². The van der Waals surface area contributed by atoms with E-state index in [0.717, 1.165) is 0 Å². The molecule has 0 aliphatic heterocycles. The third-order valence-corrected chi connectivity index (χ3v) is 4.09. The molecule has 2 N–H and O–H groups in total. The van der Waals surface area contributed by atoms with Crippen LogP contribution in [0.5, 0.6) is 0 Å². The average Bonchev–Trinajstić information content (AvgIpc) is 2.46. The van der Waals surface area contributed by atoms with E-state index in [-0.39, 0.29) is 16.5 Å². The van der Waals surface area contributed by atoms with Crippen molar-refractivity contribution in [2.24, 2.45) is 0 Å². The molecule has 2 rings (SSSR count). The monoisotopic (exact) mass is 313 g/mol. The van der Waals surface area contributed by atoms with Gasteiger partial charge in [-0.25, -0.2) is 18.1 Å². The van der Waals surface area contributed by atoms with Gasteiger partial charge in [-0.3, -0.25) is 0 Å². The molecule has 0 aliphatic rings. The molecule has 0 bridgehead atoms. The van der Waals surface area contributed by atoms with Crippen molar-refractivity contribution in [3.63, 3.8) is 0 Å². The summed E-state index contributed by atoms with van der Waals surface area (Å²) in [6.07, 6.45) is 2.74. The average molecular weight is 314 g/mol. The van der Waals surface area contributed by atoms with Crippen LogP contribution in [-0.2, 0) is 16.6 Å². The third kappa shape index (κ3) is 3.41. The van der Waals surface area contributed by atoms with Crippen LogP contribution in [0.15, 0.2) is 35.5 Å². The van der Waals surface area contributed by atoms with Crippen LogP contribution in [-0.4, -0.2) is 30.6 Å². The second-order valence-electron chi connectivity index (χ2n) is 3.79. The third-order valence-electron chi connectivity index (χ3n) is 2.43. The SMILES string of the molecule is CNc1ncc(S(=O)(=O)NCc2cccnn2)cc1Cl. The Balaban J connectivity index is 2.16. The molecule has 0 aromatic carbocycles. The van der Waals surface area contributed by atoms with Gasteiger partial charge in [0.15, 0.2) is 0 Å². The van der Waals surface area contributed by atoms with Gasteiger partial charge in [-0.1, -0.05) is 11.6 Å². The van der Waals surface area contributed by atoms with Gasteiger partial charge in [0, 0.05) is 19.4 Å². The summed E-state index contributed by atoms with van der Waals surface area (Å²) < 4.78 is 26.6. The minimum absolute atomic E-state index is 0.00890. The first-order chi connectivity index (χ1) is 9.53. The van der Waals surface area contributed by atoms with Crippen molar-refractivity contribution in [2.75, 3.05) is 12.4 Å². The Kier molecular flexibility index (Phi) is 4.48. The molecule has 0 spiro atoms. The lowest BCUT2D eigenvalue weighted by molar-refractivity contribution is 0.579. The van der Waals surface area contributed by atoms with Gasteiger partial charge in [0.1, 0.15) is 10.7 Å². The second-order valence-corrected chi connectivity index (χ2v) is 5.97. The van der Waals surface area contributed by atoms with E-state index in [1.54, 1.807) is 19.2 Å². The summed E-state index contributed by atoms with van der Waals surface area (Å²) in [6.45, 7) is 0.0432. The molecular formula is C11H12ClN5O2S. The fraction of sp³-hybridized carbons (Fsp3) is 0.182. The molecule has 0 amide bonds. The topological polar surface area (TPSA) is 96.9 Å². The van der Waals surface area contributed by atoms with Gasteiger partial charge in [-0.2, -0.15) is 10.2 Å². The van der Waals surface area contributed by atoms with Gasteiger partial charge in [-0.15, -0.1) is 0 Å². The van der Waals surface area contributed by atoms with Crippen LogP contribution in [0.25, 0.3) is 0 Å². The summed E-state index contributed by atoms with van der Waals surface area (Å²) in [6, 6.07) is 4.68. The summed E-state index contributed by atoms with van der Waals surface area (Å²) in [5, 5.41) is 10.4. The highest BCUT2D eigenvalue weighted by molar-refractivity contribution is 7.89. The second kappa shape index (κ2) is 6.12. The van der Waals surface area contributed by atoms with Crippen LogP contribution in [0, 0.1) is 0 Å². The maximum absolute atomic E-state index is 12.1. The van der Waals surface area contributed by atoms with Gasteiger partial charge in [0.2, 0.25) is 10.0 Å². The number of nitrogens with one attached hydrogen (secondary N) is 2. The van der Waals surface area contributed by atoms with Crippen molar-refractivity contribution in [3.8, 4) is 0 Å². The minimum Gasteiger partial charge on any atom is -0.372 e. The Morgan fingerprint density at radius 2 is 2.20 bits per heavy atom. The Hall–Kier alpha value is -1.77. The number of pyridine rings is 1. The van der Waals surface area contributed by atoms with Crippen LogP contribution >= 0.6 is 11.6 Å². The highest BCUT2D eigenvalue weighted by atomic mass is 35.5. The molecule has 0 fully saturated rings. The summed E-state index contributed by atoms with van der Waals surface area (Å²) in [5.74, 6) is 0.416. The number of aromatic nitrogens is 3. The van der Waals surface area contributed by atoms with Crippen molar-refractivity contribution in [2.45, 2.75) is 11.4 Å². The Bertz CT molecular complexity index is 693. The van der Waals surface area contributed by atoms with E-state index < -0.39 is 10.0 Å². The normalized spacial score (nSPS) is 11.3. The molecule has 2 aromatic heterocycles. The predicted molar refractivity (Wildman–Crippen MR) is 74.9 cm³/mol. The summed E-state index contributed by atoms with van der Waals surface area (Å²) in [7, 11) is -2.05. The minimum atomic E-state index is -3.70. The Morgan fingerprint density at radius 3 is 2.80 bits per heavy atom.